The van der Waals surface area contributed by atoms with Crippen molar-refractivity contribution in [3.05, 3.63) is 340 Å². The molecule has 80 heavy (non-hydrogen) atoms. The van der Waals surface area contributed by atoms with Crippen LogP contribution >= 0.6 is 0 Å². The average molecular weight is 1020 g/mol. The maximum Gasteiger partial charge on any atom is 0.0462 e. The second-order valence-corrected chi connectivity index (χ2v) is 20.1. The molecule has 0 saturated heterocycles. The zero-order valence-corrected chi connectivity index (χ0v) is 44.2. The van der Waals surface area contributed by atoms with Crippen molar-refractivity contribution >= 4 is 34.1 Å². The smallest absolute Gasteiger partial charge is 0.0462 e. The third kappa shape index (κ3) is 10.4. The van der Waals surface area contributed by atoms with Crippen LogP contribution in [0.2, 0.25) is 0 Å². The summed E-state index contributed by atoms with van der Waals surface area (Å²) in [7, 11) is 0. The highest BCUT2D eigenvalue weighted by Gasteiger charge is 2.19. The second kappa shape index (κ2) is 22.6. The van der Waals surface area contributed by atoms with Gasteiger partial charge in [-0.1, -0.05) is 267 Å². The molecule has 0 unspecified atom stereocenters. The summed E-state index contributed by atoms with van der Waals surface area (Å²) in [6.45, 7) is 0. The Balaban J connectivity index is 0.887. The van der Waals surface area contributed by atoms with E-state index in [0.29, 0.717) is 0 Å². The molecule has 0 saturated carbocycles. The number of anilines is 6. The molecule has 0 aliphatic carbocycles. The topological polar surface area (TPSA) is 6.48 Å². The number of benzene rings is 13. The van der Waals surface area contributed by atoms with Crippen LogP contribution in [0.3, 0.4) is 0 Å². The predicted octanol–water partition coefficient (Wildman–Crippen LogP) is 22.0. The Morgan fingerprint density at radius 3 is 0.525 bits per heavy atom. The molecular weight excluding hydrogens is 965 g/mol. The summed E-state index contributed by atoms with van der Waals surface area (Å²) in [6.07, 6.45) is 0. The van der Waals surface area contributed by atoms with Crippen LogP contribution in [0.25, 0.3) is 89.0 Å². The highest BCUT2D eigenvalue weighted by atomic mass is 15.1. The van der Waals surface area contributed by atoms with Crippen molar-refractivity contribution in [1.29, 1.82) is 0 Å². The summed E-state index contributed by atoms with van der Waals surface area (Å²) >= 11 is 0. The summed E-state index contributed by atoms with van der Waals surface area (Å²) in [6, 6.07) is 123. The van der Waals surface area contributed by atoms with Gasteiger partial charge >= 0.3 is 0 Å². The third-order valence-corrected chi connectivity index (χ3v) is 15.1. The van der Waals surface area contributed by atoms with Gasteiger partial charge in [0, 0.05) is 34.1 Å². The lowest BCUT2D eigenvalue weighted by Crippen LogP contribution is -2.10. The minimum Gasteiger partial charge on any atom is -0.311 e. The van der Waals surface area contributed by atoms with Gasteiger partial charge in [-0.25, -0.2) is 0 Å². The average Bonchev–Trinajstić information content (AvgIpc) is 3.63. The van der Waals surface area contributed by atoms with Gasteiger partial charge < -0.3 is 9.80 Å². The SMILES string of the molecule is c1ccc(-c2ccc(-c3c(-c4ccc(N(c5ccc(-c6ccccc6)cc5)c5ccc(-c6ccccc6)cc5)cc4)cccc3-c3ccc(N(c4ccc(-c5ccccc5)cc4)c4ccc(-c5ccccc5)cc4)cc3)cc2)cc1. The Labute approximate surface area is 470 Å². The molecule has 0 spiro atoms. The molecule has 2 heteroatoms. The van der Waals surface area contributed by atoms with Gasteiger partial charge in [-0.05, 0) is 162 Å². The number of nitrogens with zero attached hydrogens (tertiary/aromatic N) is 2. The Kier molecular flexibility index (Phi) is 13.8. The standard InChI is InChI=1S/C78H56N2/c1-6-17-57(18-7-1)62-29-31-69(32-30-62)78-76(67-41-53-74(54-42-67)79(70-45-33-63(34-46-70)58-19-8-2-9-20-58)71-47-35-64(36-48-71)59-21-10-3-11-22-59)27-16-28-77(78)68-43-55-75(56-44-68)80(72-49-37-65(38-50-72)60-23-12-4-13-24-60)73-51-39-66(40-52-73)61-25-14-5-15-26-61/h1-56H. The molecule has 0 aromatic heterocycles. The van der Waals surface area contributed by atoms with E-state index >= 15 is 0 Å². The van der Waals surface area contributed by atoms with Gasteiger partial charge in [0.1, 0.15) is 0 Å². The molecule has 0 bridgehead atoms. The maximum atomic E-state index is 2.35. The Hall–Kier alpha value is -10.5. The molecule has 13 rings (SSSR count). The van der Waals surface area contributed by atoms with Crippen molar-refractivity contribution < 1.29 is 0 Å². The molecule has 0 radical (unpaired) electrons. The van der Waals surface area contributed by atoms with Crippen molar-refractivity contribution in [2.24, 2.45) is 0 Å². The normalized spacial score (nSPS) is 11.0. The van der Waals surface area contributed by atoms with Gasteiger partial charge in [0.15, 0.2) is 0 Å². The van der Waals surface area contributed by atoms with Crippen molar-refractivity contribution in [3.63, 3.8) is 0 Å². The van der Waals surface area contributed by atoms with E-state index in [1.54, 1.807) is 0 Å². The van der Waals surface area contributed by atoms with Crippen LogP contribution in [0.1, 0.15) is 0 Å². The first-order valence-electron chi connectivity index (χ1n) is 27.4. The van der Waals surface area contributed by atoms with Gasteiger partial charge in [0.05, 0.1) is 0 Å². The molecule has 0 aliphatic rings. The van der Waals surface area contributed by atoms with E-state index in [1.165, 1.54) is 61.2 Å². The Bertz CT molecular complexity index is 3710. The van der Waals surface area contributed by atoms with Crippen LogP contribution in [0.15, 0.2) is 340 Å². The molecule has 0 aliphatic heterocycles. The molecule has 0 atom stereocenters. The monoisotopic (exact) mass is 1020 g/mol. The quantitative estimate of drug-likeness (QED) is 0.107. The van der Waals surface area contributed by atoms with E-state index in [1.807, 2.05) is 0 Å². The van der Waals surface area contributed by atoms with E-state index < -0.39 is 0 Å². The van der Waals surface area contributed by atoms with E-state index in [0.717, 1.165) is 61.9 Å². The minimum atomic E-state index is 1.07. The zero-order valence-electron chi connectivity index (χ0n) is 44.2. The molecular formula is C78H56N2. The van der Waals surface area contributed by atoms with Crippen molar-refractivity contribution in [1.82, 2.24) is 0 Å². The van der Waals surface area contributed by atoms with Gasteiger partial charge in [-0.15, -0.1) is 0 Å². The first-order chi connectivity index (χ1) is 39.7. The molecule has 0 heterocycles. The summed E-state index contributed by atoms with van der Waals surface area (Å²) < 4.78 is 0. The number of hydrogen-bond donors (Lipinski definition) is 0. The fourth-order valence-electron chi connectivity index (χ4n) is 11.0. The van der Waals surface area contributed by atoms with Gasteiger partial charge in [0.2, 0.25) is 0 Å². The Morgan fingerprint density at radius 2 is 0.300 bits per heavy atom. The number of hydrogen-bond acceptors (Lipinski definition) is 2. The lowest BCUT2D eigenvalue weighted by Gasteiger charge is -2.27. The summed E-state index contributed by atoms with van der Waals surface area (Å²) in [5, 5.41) is 0. The number of rotatable bonds is 14. The summed E-state index contributed by atoms with van der Waals surface area (Å²) in [5.41, 5.74) is 25.3. The maximum absolute atomic E-state index is 2.35. The molecule has 0 amide bonds. The second-order valence-electron chi connectivity index (χ2n) is 20.1. The van der Waals surface area contributed by atoms with Crippen molar-refractivity contribution in [3.8, 4) is 89.0 Å². The van der Waals surface area contributed by atoms with Gasteiger partial charge in [0.25, 0.3) is 0 Å². The fraction of sp³-hybridized carbons (Fsp3) is 0. The predicted molar refractivity (Wildman–Crippen MR) is 339 cm³/mol. The van der Waals surface area contributed by atoms with Crippen LogP contribution < -0.4 is 9.80 Å². The summed E-state index contributed by atoms with van der Waals surface area (Å²) in [4.78, 5) is 4.71. The van der Waals surface area contributed by atoms with E-state index in [-0.39, 0.29) is 0 Å². The lowest BCUT2D eigenvalue weighted by molar-refractivity contribution is 1.28. The highest BCUT2D eigenvalue weighted by Crippen LogP contribution is 2.45. The van der Waals surface area contributed by atoms with Crippen molar-refractivity contribution in [2.75, 3.05) is 9.80 Å². The van der Waals surface area contributed by atoms with E-state index in [2.05, 4.69) is 350 Å². The third-order valence-electron chi connectivity index (χ3n) is 15.1. The minimum absolute atomic E-state index is 1.07. The first kappa shape index (κ1) is 49.1. The van der Waals surface area contributed by atoms with Crippen LogP contribution in [-0.2, 0) is 0 Å². The Morgan fingerprint density at radius 1 is 0.125 bits per heavy atom. The van der Waals surface area contributed by atoms with Crippen LogP contribution in [0, 0.1) is 0 Å². The van der Waals surface area contributed by atoms with E-state index in [9.17, 15) is 0 Å². The van der Waals surface area contributed by atoms with Gasteiger partial charge in [-0.3, -0.25) is 0 Å². The fourth-order valence-corrected chi connectivity index (χ4v) is 11.0. The van der Waals surface area contributed by atoms with Gasteiger partial charge in [-0.2, -0.15) is 0 Å². The summed E-state index contributed by atoms with van der Waals surface area (Å²) in [5.74, 6) is 0. The molecule has 0 N–H and O–H groups in total. The van der Waals surface area contributed by atoms with E-state index in [4.69, 9.17) is 0 Å². The first-order valence-corrected chi connectivity index (χ1v) is 27.4. The van der Waals surface area contributed by atoms with Crippen LogP contribution in [-0.4, -0.2) is 0 Å². The molecule has 13 aromatic carbocycles. The van der Waals surface area contributed by atoms with Crippen molar-refractivity contribution in [2.45, 2.75) is 0 Å². The largest absolute Gasteiger partial charge is 0.311 e. The lowest BCUT2D eigenvalue weighted by atomic mass is 9.87. The van der Waals surface area contributed by atoms with Crippen LogP contribution in [0.5, 0.6) is 0 Å². The molecule has 378 valence electrons. The highest BCUT2D eigenvalue weighted by molar-refractivity contribution is 5.96. The molecule has 13 aromatic rings. The zero-order chi connectivity index (χ0) is 53.5. The van der Waals surface area contributed by atoms with Crippen LogP contribution in [0.4, 0.5) is 34.1 Å². The molecule has 0 fully saturated rings. The molecule has 2 nitrogen and oxygen atoms in total.